The van der Waals surface area contributed by atoms with E-state index in [0.717, 1.165) is 6.42 Å². The summed E-state index contributed by atoms with van der Waals surface area (Å²) in [5.41, 5.74) is 1.51. The minimum atomic E-state index is -0.602. The van der Waals surface area contributed by atoms with Gasteiger partial charge in [0.2, 0.25) is 5.91 Å². The highest BCUT2D eigenvalue weighted by Gasteiger charge is 2.31. The summed E-state index contributed by atoms with van der Waals surface area (Å²) in [5.74, 6) is -0.469. The lowest BCUT2D eigenvalue weighted by atomic mass is 10.00. The van der Waals surface area contributed by atoms with Gasteiger partial charge in [0.15, 0.2) is 0 Å². The SMILES string of the molecule is CC(C)[C@@H](NC(=O)c1ccc(Cl)cc1Cl)C(=O)N1CCc2sccc2C1. The number of rotatable bonds is 4. The Balaban J connectivity index is 1.74. The van der Waals surface area contributed by atoms with Gasteiger partial charge in [-0.15, -0.1) is 11.3 Å². The maximum Gasteiger partial charge on any atom is 0.253 e. The van der Waals surface area contributed by atoms with Gasteiger partial charge in [0.25, 0.3) is 5.91 Å². The molecule has 1 aliphatic heterocycles. The molecule has 0 bridgehead atoms. The Kier molecular flexibility index (Phi) is 5.90. The van der Waals surface area contributed by atoms with Gasteiger partial charge >= 0.3 is 0 Å². The van der Waals surface area contributed by atoms with Crippen molar-refractivity contribution in [1.82, 2.24) is 10.2 Å². The molecule has 1 aliphatic rings. The molecule has 1 atom stereocenters. The lowest BCUT2D eigenvalue weighted by molar-refractivity contribution is -0.135. The molecule has 1 aromatic heterocycles. The number of fused-ring (bicyclic) bond motifs is 1. The van der Waals surface area contributed by atoms with Crippen LogP contribution >= 0.6 is 34.5 Å². The van der Waals surface area contributed by atoms with E-state index in [1.165, 1.54) is 16.5 Å². The van der Waals surface area contributed by atoms with Crippen LogP contribution in [0.15, 0.2) is 29.6 Å². The molecule has 2 heterocycles. The molecule has 1 aromatic carbocycles. The van der Waals surface area contributed by atoms with Gasteiger partial charge in [-0.1, -0.05) is 37.0 Å². The van der Waals surface area contributed by atoms with Gasteiger partial charge in [0, 0.05) is 23.0 Å². The van der Waals surface area contributed by atoms with Crippen LogP contribution in [-0.2, 0) is 17.8 Å². The molecule has 0 fully saturated rings. The molecule has 4 nitrogen and oxygen atoms in total. The van der Waals surface area contributed by atoms with Crippen molar-refractivity contribution in [3.8, 4) is 0 Å². The van der Waals surface area contributed by atoms with Gasteiger partial charge in [0.05, 0.1) is 10.6 Å². The summed E-state index contributed by atoms with van der Waals surface area (Å²) in [7, 11) is 0. The summed E-state index contributed by atoms with van der Waals surface area (Å²) in [6, 6.07) is 6.16. The van der Waals surface area contributed by atoms with Gasteiger partial charge < -0.3 is 10.2 Å². The van der Waals surface area contributed by atoms with Crippen molar-refractivity contribution in [2.45, 2.75) is 32.9 Å². The second kappa shape index (κ2) is 7.99. The molecule has 2 amide bonds. The fourth-order valence-corrected chi connectivity index (χ4v) is 4.42. The smallest absolute Gasteiger partial charge is 0.253 e. The number of amides is 2. The fraction of sp³-hybridized carbons (Fsp3) is 0.368. The Labute approximate surface area is 167 Å². The molecule has 0 spiro atoms. The van der Waals surface area contributed by atoms with Crippen molar-refractivity contribution in [2.75, 3.05) is 6.54 Å². The zero-order chi connectivity index (χ0) is 18.8. The number of carbonyl (C=O) groups excluding carboxylic acids is 2. The number of halogens is 2. The van der Waals surface area contributed by atoms with Gasteiger partial charge in [-0.25, -0.2) is 0 Å². The molecule has 0 radical (unpaired) electrons. The average Bonchev–Trinajstić information content (AvgIpc) is 3.06. The number of nitrogens with zero attached hydrogens (tertiary/aromatic N) is 1. The van der Waals surface area contributed by atoms with E-state index in [0.29, 0.717) is 23.7 Å². The van der Waals surface area contributed by atoms with Gasteiger partial charge in [-0.2, -0.15) is 0 Å². The van der Waals surface area contributed by atoms with E-state index in [1.807, 2.05) is 18.7 Å². The van der Waals surface area contributed by atoms with Crippen molar-refractivity contribution in [3.63, 3.8) is 0 Å². The van der Waals surface area contributed by atoms with Crippen molar-refractivity contribution >= 4 is 46.4 Å². The predicted molar refractivity (Wildman–Crippen MR) is 106 cm³/mol. The van der Waals surface area contributed by atoms with Crippen LogP contribution in [-0.4, -0.2) is 29.3 Å². The highest BCUT2D eigenvalue weighted by molar-refractivity contribution is 7.10. The Hall–Kier alpha value is -1.56. The monoisotopic (exact) mass is 410 g/mol. The van der Waals surface area contributed by atoms with Gasteiger partial charge in [-0.3, -0.25) is 9.59 Å². The van der Waals surface area contributed by atoms with E-state index >= 15 is 0 Å². The highest BCUT2D eigenvalue weighted by Crippen LogP contribution is 2.25. The first-order chi connectivity index (χ1) is 12.4. The van der Waals surface area contributed by atoms with Crippen molar-refractivity contribution in [3.05, 3.63) is 55.7 Å². The van der Waals surface area contributed by atoms with Crippen LogP contribution in [0.2, 0.25) is 10.0 Å². The molecule has 1 N–H and O–H groups in total. The maximum absolute atomic E-state index is 13.0. The number of hydrogen-bond donors (Lipinski definition) is 1. The zero-order valence-corrected chi connectivity index (χ0v) is 16.9. The van der Waals surface area contributed by atoms with Crippen molar-refractivity contribution < 1.29 is 9.59 Å². The summed E-state index contributed by atoms with van der Waals surface area (Å²) < 4.78 is 0. The lowest BCUT2D eigenvalue weighted by Gasteiger charge is -2.32. The first-order valence-corrected chi connectivity index (χ1v) is 10.1. The van der Waals surface area contributed by atoms with E-state index in [-0.39, 0.29) is 22.8 Å². The molecule has 138 valence electrons. The van der Waals surface area contributed by atoms with Crippen LogP contribution < -0.4 is 5.32 Å². The molecule has 0 aliphatic carbocycles. The van der Waals surface area contributed by atoms with E-state index in [1.54, 1.807) is 23.5 Å². The minimum Gasteiger partial charge on any atom is -0.340 e. The van der Waals surface area contributed by atoms with Crippen LogP contribution in [0, 0.1) is 5.92 Å². The molecule has 26 heavy (non-hydrogen) atoms. The van der Waals surface area contributed by atoms with Crippen LogP contribution in [0.3, 0.4) is 0 Å². The summed E-state index contributed by atoms with van der Waals surface area (Å²) in [6.45, 7) is 5.12. The third kappa shape index (κ3) is 4.05. The normalized spacial score (nSPS) is 14.9. The number of thiophene rings is 1. The summed E-state index contributed by atoms with van der Waals surface area (Å²) in [4.78, 5) is 28.8. The Morgan fingerprint density at radius 3 is 2.69 bits per heavy atom. The third-order valence-corrected chi connectivity index (χ3v) is 6.09. The van der Waals surface area contributed by atoms with Crippen LogP contribution in [0.4, 0.5) is 0 Å². The van der Waals surface area contributed by atoms with E-state index < -0.39 is 6.04 Å². The van der Waals surface area contributed by atoms with Crippen LogP contribution in [0.5, 0.6) is 0 Å². The van der Waals surface area contributed by atoms with E-state index in [2.05, 4.69) is 16.8 Å². The summed E-state index contributed by atoms with van der Waals surface area (Å²) >= 11 is 13.7. The first-order valence-electron chi connectivity index (χ1n) is 8.46. The van der Waals surface area contributed by atoms with Crippen molar-refractivity contribution in [1.29, 1.82) is 0 Å². The second-order valence-corrected chi connectivity index (χ2v) is 8.54. The number of carbonyl (C=O) groups is 2. The Morgan fingerprint density at radius 1 is 1.23 bits per heavy atom. The third-order valence-electron chi connectivity index (χ3n) is 4.51. The molecule has 0 saturated carbocycles. The predicted octanol–water partition coefficient (Wildman–Crippen LogP) is 4.39. The number of hydrogen-bond acceptors (Lipinski definition) is 3. The van der Waals surface area contributed by atoms with E-state index in [9.17, 15) is 9.59 Å². The number of nitrogens with one attached hydrogen (secondary N) is 1. The molecule has 0 unspecified atom stereocenters. The fourth-order valence-electron chi connectivity index (χ4n) is 3.04. The summed E-state index contributed by atoms with van der Waals surface area (Å²) in [6.07, 6.45) is 0.862. The zero-order valence-electron chi connectivity index (χ0n) is 14.6. The molecule has 3 rings (SSSR count). The maximum atomic E-state index is 13.0. The molecule has 2 aromatic rings. The number of benzene rings is 1. The minimum absolute atomic E-state index is 0.0404. The average molecular weight is 411 g/mol. The van der Waals surface area contributed by atoms with Crippen LogP contribution in [0.25, 0.3) is 0 Å². The first kappa shape index (κ1) is 19.2. The Morgan fingerprint density at radius 2 is 2.00 bits per heavy atom. The van der Waals surface area contributed by atoms with Crippen LogP contribution in [0.1, 0.15) is 34.6 Å². The topological polar surface area (TPSA) is 49.4 Å². The Bertz CT molecular complexity index is 835. The molecular formula is C19H20Cl2N2O2S. The van der Waals surface area contributed by atoms with Gasteiger partial charge in [0.1, 0.15) is 6.04 Å². The molecule has 0 saturated heterocycles. The highest BCUT2D eigenvalue weighted by atomic mass is 35.5. The molecule has 7 heteroatoms. The largest absolute Gasteiger partial charge is 0.340 e. The molecular weight excluding hydrogens is 391 g/mol. The summed E-state index contributed by atoms with van der Waals surface area (Å²) in [5, 5.41) is 5.64. The second-order valence-electron chi connectivity index (χ2n) is 6.70. The van der Waals surface area contributed by atoms with Crippen molar-refractivity contribution in [2.24, 2.45) is 5.92 Å². The lowest BCUT2D eigenvalue weighted by Crippen LogP contribution is -2.52. The quantitative estimate of drug-likeness (QED) is 0.811. The van der Waals surface area contributed by atoms with Gasteiger partial charge in [-0.05, 0) is 47.5 Å². The standard InChI is InChI=1S/C19H20Cl2N2O2S/c1-11(2)17(22-18(24)14-4-3-13(20)9-15(14)21)19(25)23-7-5-16-12(10-23)6-8-26-16/h3-4,6,8-9,11,17H,5,7,10H2,1-2H3,(H,22,24)/t17-/m1/s1. The van der Waals surface area contributed by atoms with E-state index in [4.69, 9.17) is 23.2 Å².